The monoisotopic (exact) mass is 455 g/mol. The lowest BCUT2D eigenvalue weighted by Gasteiger charge is -2.08. The van der Waals surface area contributed by atoms with Crippen molar-refractivity contribution >= 4 is 11.6 Å². The highest BCUT2D eigenvalue weighted by Crippen LogP contribution is 2.34. The fraction of sp³-hybridized carbons (Fsp3) is 0.143. The first-order valence-corrected chi connectivity index (χ1v) is 11.0. The highest BCUT2D eigenvalue weighted by atomic mass is 19.4. The number of nitrogens with zero attached hydrogens (tertiary/aromatic N) is 3. The van der Waals surface area contributed by atoms with Gasteiger partial charge in [0.05, 0.1) is 22.9 Å². The molecule has 0 spiro atoms. The average Bonchev–Trinajstić information content (AvgIpc) is 3.49. The summed E-state index contributed by atoms with van der Waals surface area (Å²) in [5.41, 5.74) is 5.31. The third kappa shape index (κ3) is 4.25. The van der Waals surface area contributed by atoms with E-state index in [2.05, 4.69) is 18.2 Å². The molecular weight excluding hydrogens is 435 g/mol. The van der Waals surface area contributed by atoms with E-state index >= 15 is 0 Å². The summed E-state index contributed by atoms with van der Waals surface area (Å²) < 4.78 is 41.4. The third-order valence-corrected chi connectivity index (χ3v) is 6.06. The fourth-order valence-corrected chi connectivity index (χ4v) is 4.35. The van der Waals surface area contributed by atoms with Crippen molar-refractivity contribution in [3.63, 3.8) is 0 Å². The predicted molar refractivity (Wildman–Crippen MR) is 126 cm³/mol. The Hall–Kier alpha value is -4.11. The maximum absolute atomic E-state index is 13.2. The van der Waals surface area contributed by atoms with Gasteiger partial charge in [0, 0.05) is 17.3 Å². The maximum Gasteiger partial charge on any atom is 0.416 e. The van der Waals surface area contributed by atoms with Crippen molar-refractivity contribution in [1.82, 2.24) is 9.78 Å². The number of alkyl halides is 3. The van der Waals surface area contributed by atoms with Crippen LogP contribution in [0.5, 0.6) is 0 Å². The van der Waals surface area contributed by atoms with Gasteiger partial charge in [-0.15, -0.1) is 0 Å². The van der Waals surface area contributed by atoms with Gasteiger partial charge in [0.25, 0.3) is 0 Å². The third-order valence-electron chi connectivity index (χ3n) is 6.06. The van der Waals surface area contributed by atoms with Crippen molar-refractivity contribution in [2.45, 2.75) is 25.4 Å². The van der Waals surface area contributed by atoms with E-state index in [-0.39, 0.29) is 11.1 Å². The van der Waals surface area contributed by atoms with Gasteiger partial charge < -0.3 is 0 Å². The molecule has 0 atom stereocenters. The number of rotatable bonds is 4. The summed E-state index contributed by atoms with van der Waals surface area (Å²) in [4.78, 5) is 0. The molecular formula is C28H20F3N3. The van der Waals surface area contributed by atoms with E-state index in [1.807, 2.05) is 42.6 Å². The standard InChI is InChI=1S/C28H20F3N3/c29-28(30,31)25-9-5-8-21(16-25)23(17-32)15-24-18-34(26-10-2-1-3-11-26)33-27(24)22-13-12-19-6-4-7-20(19)14-22/h1-3,5,8-16,18H,4,6-7H2. The SMILES string of the molecule is N#CC(=Cc1cn(-c2ccccc2)nc1-c1ccc2c(c1)CCC2)c1cccc(C(F)(F)F)c1. The average molecular weight is 455 g/mol. The Morgan fingerprint density at radius 2 is 1.74 bits per heavy atom. The summed E-state index contributed by atoms with van der Waals surface area (Å²) in [7, 11) is 0. The highest BCUT2D eigenvalue weighted by molar-refractivity contribution is 5.92. The van der Waals surface area contributed by atoms with E-state index < -0.39 is 11.7 Å². The molecule has 0 N–H and O–H groups in total. The molecule has 0 amide bonds. The summed E-state index contributed by atoms with van der Waals surface area (Å²) >= 11 is 0. The molecule has 168 valence electrons. The maximum atomic E-state index is 13.2. The molecule has 1 heterocycles. The van der Waals surface area contributed by atoms with Gasteiger partial charge in [-0.25, -0.2) is 4.68 Å². The minimum absolute atomic E-state index is 0.140. The number of hydrogen-bond donors (Lipinski definition) is 0. The molecule has 34 heavy (non-hydrogen) atoms. The lowest BCUT2D eigenvalue weighted by Crippen LogP contribution is -2.04. The van der Waals surface area contributed by atoms with Crippen LogP contribution in [0.25, 0.3) is 28.6 Å². The molecule has 1 aromatic heterocycles. The van der Waals surface area contributed by atoms with E-state index in [1.54, 1.807) is 10.8 Å². The Kier molecular flexibility index (Phi) is 5.54. The summed E-state index contributed by atoms with van der Waals surface area (Å²) in [6.07, 6.45) is 2.15. The zero-order chi connectivity index (χ0) is 23.7. The van der Waals surface area contributed by atoms with E-state index in [0.29, 0.717) is 11.3 Å². The van der Waals surface area contributed by atoms with Crippen molar-refractivity contribution in [1.29, 1.82) is 5.26 Å². The van der Waals surface area contributed by atoms with Crippen LogP contribution in [0.15, 0.2) is 79.0 Å². The molecule has 1 aliphatic rings. The normalized spacial score (nSPS) is 13.5. The van der Waals surface area contributed by atoms with Crippen molar-refractivity contribution in [3.05, 3.63) is 107 Å². The zero-order valence-corrected chi connectivity index (χ0v) is 18.2. The van der Waals surface area contributed by atoms with Crippen molar-refractivity contribution < 1.29 is 13.2 Å². The first-order valence-electron chi connectivity index (χ1n) is 11.0. The van der Waals surface area contributed by atoms with Crippen LogP contribution in [0.3, 0.4) is 0 Å². The molecule has 0 unspecified atom stereocenters. The molecule has 3 nitrogen and oxygen atoms in total. The Labute approximate surface area is 195 Å². The van der Waals surface area contributed by atoms with Crippen LogP contribution < -0.4 is 0 Å². The Morgan fingerprint density at radius 1 is 0.941 bits per heavy atom. The van der Waals surface area contributed by atoms with Crippen LogP contribution in [-0.2, 0) is 19.0 Å². The van der Waals surface area contributed by atoms with Gasteiger partial charge in [0.15, 0.2) is 0 Å². The van der Waals surface area contributed by atoms with Gasteiger partial charge in [-0.2, -0.15) is 23.5 Å². The van der Waals surface area contributed by atoms with E-state index in [9.17, 15) is 18.4 Å². The van der Waals surface area contributed by atoms with Gasteiger partial charge in [-0.3, -0.25) is 0 Å². The van der Waals surface area contributed by atoms with Gasteiger partial charge in [-0.1, -0.05) is 42.5 Å². The van der Waals surface area contributed by atoms with Crippen molar-refractivity contribution in [2.75, 3.05) is 0 Å². The first-order chi connectivity index (χ1) is 16.4. The predicted octanol–water partition coefficient (Wildman–Crippen LogP) is 7.11. The lowest BCUT2D eigenvalue weighted by atomic mass is 9.99. The van der Waals surface area contributed by atoms with Crippen molar-refractivity contribution in [3.8, 4) is 23.0 Å². The molecule has 3 aromatic carbocycles. The molecule has 0 fully saturated rings. The molecule has 6 heteroatoms. The highest BCUT2D eigenvalue weighted by Gasteiger charge is 2.30. The smallest absolute Gasteiger partial charge is 0.240 e. The largest absolute Gasteiger partial charge is 0.416 e. The zero-order valence-electron chi connectivity index (χ0n) is 18.2. The minimum atomic E-state index is -4.48. The van der Waals surface area contributed by atoms with E-state index in [1.165, 1.54) is 23.3 Å². The number of halogens is 3. The van der Waals surface area contributed by atoms with Crippen LogP contribution >= 0.6 is 0 Å². The van der Waals surface area contributed by atoms with Gasteiger partial charge in [0.1, 0.15) is 5.69 Å². The number of nitriles is 1. The molecule has 4 aromatic rings. The molecule has 0 radical (unpaired) electrons. The Bertz CT molecular complexity index is 1420. The molecule has 5 rings (SSSR count). The second kappa shape index (κ2) is 8.68. The van der Waals surface area contributed by atoms with Crippen LogP contribution in [0.1, 0.15) is 34.2 Å². The number of fused-ring (bicyclic) bond motifs is 1. The Balaban J connectivity index is 1.65. The quantitative estimate of drug-likeness (QED) is 0.308. The summed E-state index contributed by atoms with van der Waals surface area (Å²) in [6, 6.07) is 22.8. The Morgan fingerprint density at radius 3 is 2.50 bits per heavy atom. The van der Waals surface area contributed by atoms with Crippen molar-refractivity contribution in [2.24, 2.45) is 0 Å². The second-order valence-corrected chi connectivity index (χ2v) is 8.30. The lowest BCUT2D eigenvalue weighted by molar-refractivity contribution is -0.137. The van der Waals surface area contributed by atoms with Gasteiger partial charge in [0.2, 0.25) is 0 Å². The molecule has 1 aliphatic carbocycles. The number of hydrogen-bond acceptors (Lipinski definition) is 2. The molecule has 0 bridgehead atoms. The molecule has 0 saturated carbocycles. The number of benzene rings is 3. The summed E-state index contributed by atoms with van der Waals surface area (Å²) in [5, 5.41) is 14.6. The molecule has 0 saturated heterocycles. The second-order valence-electron chi connectivity index (χ2n) is 8.30. The topological polar surface area (TPSA) is 41.6 Å². The van der Waals surface area contributed by atoms with Gasteiger partial charge in [-0.05, 0) is 72.4 Å². The fourth-order valence-electron chi connectivity index (χ4n) is 4.35. The van der Waals surface area contributed by atoms with Crippen LogP contribution in [-0.4, -0.2) is 9.78 Å². The number of aromatic nitrogens is 2. The first kappa shape index (κ1) is 21.7. The summed E-state index contributed by atoms with van der Waals surface area (Å²) in [6.45, 7) is 0. The van der Waals surface area contributed by atoms with E-state index in [4.69, 9.17) is 5.10 Å². The number of allylic oxidation sites excluding steroid dienone is 1. The number of para-hydroxylation sites is 1. The molecule has 0 aliphatic heterocycles. The van der Waals surface area contributed by atoms with Crippen LogP contribution in [0.2, 0.25) is 0 Å². The van der Waals surface area contributed by atoms with Crippen LogP contribution in [0.4, 0.5) is 13.2 Å². The van der Waals surface area contributed by atoms with Crippen LogP contribution in [0, 0.1) is 11.3 Å². The van der Waals surface area contributed by atoms with E-state index in [0.717, 1.165) is 42.6 Å². The minimum Gasteiger partial charge on any atom is -0.240 e. The van der Waals surface area contributed by atoms with Gasteiger partial charge >= 0.3 is 6.18 Å². The number of aryl methyl sites for hydroxylation is 2. The summed E-state index contributed by atoms with van der Waals surface area (Å²) in [5.74, 6) is 0.